The van der Waals surface area contributed by atoms with E-state index >= 15 is 0 Å². The van der Waals surface area contributed by atoms with E-state index in [1.807, 2.05) is 40.1 Å². The minimum atomic E-state index is 0. The normalized spacial score (nSPS) is 21.0. The molecule has 5 nitrogen and oxygen atoms in total. The Morgan fingerprint density at radius 1 is 1.04 bits per heavy atom. The van der Waals surface area contributed by atoms with Crippen LogP contribution in [0.2, 0.25) is 0 Å². The second-order valence-corrected chi connectivity index (χ2v) is 6.04. The number of carbonyl (C=O) groups is 2. The number of amides is 2. The first-order valence-corrected chi connectivity index (χ1v) is 8.09. The Morgan fingerprint density at radius 3 is 2.30 bits per heavy atom. The summed E-state index contributed by atoms with van der Waals surface area (Å²) in [5, 5.41) is 3.36. The van der Waals surface area contributed by atoms with Crippen molar-refractivity contribution in [2.75, 3.05) is 32.7 Å². The smallest absolute Gasteiger partial charge is 0.253 e. The van der Waals surface area contributed by atoms with Crippen molar-refractivity contribution in [2.45, 2.75) is 25.3 Å². The van der Waals surface area contributed by atoms with E-state index in [1.165, 1.54) is 0 Å². The van der Waals surface area contributed by atoms with Gasteiger partial charge >= 0.3 is 0 Å². The first-order valence-electron chi connectivity index (χ1n) is 8.09. The molecule has 0 spiro atoms. The van der Waals surface area contributed by atoms with Gasteiger partial charge in [-0.2, -0.15) is 0 Å². The molecule has 1 aromatic rings. The molecule has 0 radical (unpaired) electrons. The molecule has 2 fully saturated rings. The van der Waals surface area contributed by atoms with Crippen molar-refractivity contribution < 1.29 is 9.59 Å². The van der Waals surface area contributed by atoms with Gasteiger partial charge in [0.15, 0.2) is 0 Å². The number of carbonyl (C=O) groups excluding carboxylic acids is 2. The van der Waals surface area contributed by atoms with E-state index in [4.69, 9.17) is 0 Å². The van der Waals surface area contributed by atoms with Crippen LogP contribution in [0, 0.1) is 0 Å². The lowest BCUT2D eigenvalue weighted by atomic mass is 10.1. The maximum Gasteiger partial charge on any atom is 0.253 e. The highest BCUT2D eigenvalue weighted by atomic mass is 35.5. The summed E-state index contributed by atoms with van der Waals surface area (Å²) in [7, 11) is 0. The molecule has 0 aromatic heterocycles. The van der Waals surface area contributed by atoms with Crippen LogP contribution >= 0.6 is 12.4 Å². The number of nitrogens with zero attached hydrogens (tertiary/aromatic N) is 2. The van der Waals surface area contributed by atoms with E-state index in [1.54, 1.807) is 0 Å². The monoisotopic (exact) mass is 337 g/mol. The average molecular weight is 338 g/mol. The third-order valence-electron chi connectivity index (χ3n) is 4.52. The minimum Gasteiger partial charge on any atom is -0.339 e. The minimum absolute atomic E-state index is 0. The molecule has 6 heteroatoms. The van der Waals surface area contributed by atoms with Gasteiger partial charge in [-0.1, -0.05) is 18.2 Å². The summed E-state index contributed by atoms with van der Waals surface area (Å²) < 4.78 is 0. The molecular formula is C17H24ClN3O2. The van der Waals surface area contributed by atoms with Gasteiger partial charge in [0.2, 0.25) is 5.91 Å². The van der Waals surface area contributed by atoms with Gasteiger partial charge in [-0.25, -0.2) is 0 Å². The van der Waals surface area contributed by atoms with Crippen molar-refractivity contribution >= 4 is 24.2 Å². The summed E-state index contributed by atoms with van der Waals surface area (Å²) >= 11 is 0. The number of piperazine rings is 1. The molecule has 0 bridgehead atoms. The molecule has 2 heterocycles. The number of benzene rings is 1. The van der Waals surface area contributed by atoms with Crippen LogP contribution in [0.5, 0.6) is 0 Å². The fourth-order valence-electron chi connectivity index (χ4n) is 3.19. The Labute approximate surface area is 143 Å². The Morgan fingerprint density at radius 2 is 1.70 bits per heavy atom. The van der Waals surface area contributed by atoms with Crippen LogP contribution in [-0.4, -0.2) is 60.4 Å². The molecule has 1 atom stereocenters. The van der Waals surface area contributed by atoms with Crippen LogP contribution in [0.1, 0.15) is 29.6 Å². The molecule has 23 heavy (non-hydrogen) atoms. The van der Waals surface area contributed by atoms with Gasteiger partial charge in [0.1, 0.15) is 0 Å². The second kappa shape index (κ2) is 8.31. The largest absolute Gasteiger partial charge is 0.339 e. The number of rotatable bonds is 3. The standard InChI is InChI=1S/C17H23N3O2.ClH/c21-16(13-15-7-4-8-18-15)19-9-11-20(12-10-19)17(22)14-5-2-1-3-6-14;/h1-3,5-6,15,18H,4,7-13H2;1H. The Kier molecular flexibility index (Phi) is 6.42. The van der Waals surface area contributed by atoms with Crippen molar-refractivity contribution in [3.63, 3.8) is 0 Å². The highest BCUT2D eigenvalue weighted by Crippen LogP contribution is 2.13. The van der Waals surface area contributed by atoms with Crippen LogP contribution in [-0.2, 0) is 4.79 Å². The molecule has 0 saturated carbocycles. The molecule has 3 rings (SSSR count). The van der Waals surface area contributed by atoms with Gasteiger partial charge in [0, 0.05) is 44.2 Å². The third-order valence-corrected chi connectivity index (χ3v) is 4.52. The van der Waals surface area contributed by atoms with Crippen LogP contribution in [0.25, 0.3) is 0 Å². The van der Waals surface area contributed by atoms with E-state index in [9.17, 15) is 9.59 Å². The van der Waals surface area contributed by atoms with Gasteiger partial charge in [0.05, 0.1) is 0 Å². The summed E-state index contributed by atoms with van der Waals surface area (Å²) in [6.07, 6.45) is 2.85. The lowest BCUT2D eigenvalue weighted by Crippen LogP contribution is -2.51. The number of nitrogens with one attached hydrogen (secondary N) is 1. The number of hydrogen-bond donors (Lipinski definition) is 1. The van der Waals surface area contributed by atoms with Crippen LogP contribution in [0.4, 0.5) is 0 Å². The summed E-state index contributed by atoms with van der Waals surface area (Å²) in [6, 6.07) is 9.68. The number of halogens is 1. The lowest BCUT2D eigenvalue weighted by molar-refractivity contribution is -0.133. The molecular weight excluding hydrogens is 314 g/mol. The topological polar surface area (TPSA) is 52.7 Å². The van der Waals surface area contributed by atoms with E-state index in [0.717, 1.165) is 24.9 Å². The average Bonchev–Trinajstić information content (AvgIpc) is 3.08. The van der Waals surface area contributed by atoms with Gasteiger partial charge in [-0.3, -0.25) is 9.59 Å². The maximum absolute atomic E-state index is 12.4. The van der Waals surface area contributed by atoms with Gasteiger partial charge in [-0.05, 0) is 31.5 Å². The van der Waals surface area contributed by atoms with E-state index in [0.29, 0.717) is 38.6 Å². The lowest BCUT2D eigenvalue weighted by Gasteiger charge is -2.35. The first-order chi connectivity index (χ1) is 10.7. The van der Waals surface area contributed by atoms with Crippen LogP contribution in [0.15, 0.2) is 30.3 Å². The molecule has 1 unspecified atom stereocenters. The molecule has 0 aliphatic carbocycles. The van der Waals surface area contributed by atoms with Crippen molar-refractivity contribution in [1.82, 2.24) is 15.1 Å². The zero-order chi connectivity index (χ0) is 15.4. The van der Waals surface area contributed by atoms with Gasteiger partial charge in [0.25, 0.3) is 5.91 Å². The molecule has 2 amide bonds. The van der Waals surface area contributed by atoms with Gasteiger partial charge in [-0.15, -0.1) is 12.4 Å². The van der Waals surface area contributed by atoms with Crippen molar-refractivity contribution in [3.05, 3.63) is 35.9 Å². The summed E-state index contributed by atoms with van der Waals surface area (Å²) in [5.74, 6) is 0.274. The summed E-state index contributed by atoms with van der Waals surface area (Å²) in [5.41, 5.74) is 0.720. The molecule has 1 aromatic carbocycles. The second-order valence-electron chi connectivity index (χ2n) is 6.04. The molecule has 1 N–H and O–H groups in total. The van der Waals surface area contributed by atoms with Crippen LogP contribution < -0.4 is 5.32 Å². The third kappa shape index (κ3) is 4.45. The number of hydrogen-bond acceptors (Lipinski definition) is 3. The fourth-order valence-corrected chi connectivity index (χ4v) is 3.19. The first kappa shape index (κ1) is 17.8. The molecule has 2 aliphatic heterocycles. The van der Waals surface area contributed by atoms with Crippen molar-refractivity contribution in [3.8, 4) is 0 Å². The van der Waals surface area contributed by atoms with E-state index in [2.05, 4.69) is 5.32 Å². The maximum atomic E-state index is 12.4. The van der Waals surface area contributed by atoms with E-state index in [-0.39, 0.29) is 24.2 Å². The summed E-state index contributed by atoms with van der Waals surface area (Å²) in [6.45, 7) is 3.56. The fraction of sp³-hybridized carbons (Fsp3) is 0.529. The Balaban J connectivity index is 0.00000192. The molecule has 2 saturated heterocycles. The zero-order valence-corrected chi connectivity index (χ0v) is 14.1. The Bertz CT molecular complexity index is 524. The van der Waals surface area contributed by atoms with Crippen molar-refractivity contribution in [1.29, 1.82) is 0 Å². The predicted molar refractivity (Wildman–Crippen MR) is 91.8 cm³/mol. The quantitative estimate of drug-likeness (QED) is 0.910. The predicted octanol–water partition coefficient (Wildman–Crippen LogP) is 1.53. The zero-order valence-electron chi connectivity index (χ0n) is 13.2. The molecule has 2 aliphatic rings. The SMILES string of the molecule is Cl.O=C(CC1CCCN1)N1CCN(C(=O)c2ccccc2)CC1. The van der Waals surface area contributed by atoms with Gasteiger partial charge < -0.3 is 15.1 Å². The highest BCUT2D eigenvalue weighted by Gasteiger charge is 2.26. The molecule has 126 valence electrons. The summed E-state index contributed by atoms with van der Waals surface area (Å²) in [4.78, 5) is 28.4. The van der Waals surface area contributed by atoms with Crippen LogP contribution in [0.3, 0.4) is 0 Å². The Hall–Kier alpha value is -1.59. The van der Waals surface area contributed by atoms with Crippen molar-refractivity contribution in [2.24, 2.45) is 0 Å². The highest BCUT2D eigenvalue weighted by molar-refractivity contribution is 5.94. The van der Waals surface area contributed by atoms with E-state index < -0.39 is 0 Å².